The van der Waals surface area contributed by atoms with E-state index in [9.17, 15) is 0 Å². The van der Waals surface area contributed by atoms with Crippen molar-refractivity contribution in [3.05, 3.63) is 64.9 Å². The van der Waals surface area contributed by atoms with Crippen LogP contribution >= 0.6 is 15.9 Å². The van der Waals surface area contributed by atoms with Gasteiger partial charge in [0.1, 0.15) is 12.1 Å². The Kier molecular flexibility index (Phi) is 3.92. The van der Waals surface area contributed by atoms with E-state index in [1.54, 1.807) is 6.33 Å². The minimum atomic E-state index is 0.850. The highest BCUT2D eigenvalue weighted by Gasteiger charge is 2.02. The van der Waals surface area contributed by atoms with Crippen LogP contribution in [0, 0.1) is 0 Å². The number of nitrogens with one attached hydrogen (secondary N) is 1. The van der Waals surface area contributed by atoms with Crippen LogP contribution in [0.25, 0.3) is 10.9 Å². The summed E-state index contributed by atoms with van der Waals surface area (Å²) in [6.45, 7) is 0.850. The Hall–Kier alpha value is -1.94. The second kappa shape index (κ2) is 6.01. The van der Waals surface area contributed by atoms with E-state index in [2.05, 4.69) is 55.5 Å². The van der Waals surface area contributed by atoms with Crippen molar-refractivity contribution in [2.75, 3.05) is 11.9 Å². The molecule has 3 aromatic rings. The molecule has 0 spiro atoms. The SMILES string of the molecule is Brc1ccc(CCNc2ncnc3ccccc23)cc1. The number of anilines is 1. The van der Waals surface area contributed by atoms with Gasteiger partial charge in [-0.3, -0.25) is 0 Å². The first-order chi connectivity index (χ1) is 9.83. The van der Waals surface area contributed by atoms with Crippen LogP contribution in [0.1, 0.15) is 5.56 Å². The number of halogens is 1. The average molecular weight is 328 g/mol. The topological polar surface area (TPSA) is 37.8 Å². The summed E-state index contributed by atoms with van der Waals surface area (Å²) < 4.78 is 1.11. The van der Waals surface area contributed by atoms with Crippen LogP contribution in [0.3, 0.4) is 0 Å². The number of para-hydroxylation sites is 1. The molecule has 0 aliphatic heterocycles. The fourth-order valence-electron chi connectivity index (χ4n) is 2.12. The Morgan fingerprint density at radius 2 is 1.75 bits per heavy atom. The van der Waals surface area contributed by atoms with Crippen LogP contribution in [0.5, 0.6) is 0 Å². The van der Waals surface area contributed by atoms with Gasteiger partial charge in [0.25, 0.3) is 0 Å². The van der Waals surface area contributed by atoms with Crippen molar-refractivity contribution in [1.82, 2.24) is 9.97 Å². The van der Waals surface area contributed by atoms with Gasteiger partial charge in [-0.25, -0.2) is 9.97 Å². The molecule has 0 aliphatic rings. The van der Waals surface area contributed by atoms with Crippen molar-refractivity contribution >= 4 is 32.7 Å². The lowest BCUT2D eigenvalue weighted by molar-refractivity contribution is 1.01. The molecule has 3 rings (SSSR count). The Bertz CT molecular complexity index is 705. The van der Waals surface area contributed by atoms with E-state index in [1.165, 1.54) is 5.56 Å². The second-order valence-electron chi connectivity index (χ2n) is 4.54. The van der Waals surface area contributed by atoms with Gasteiger partial charge in [-0.1, -0.05) is 40.2 Å². The largest absolute Gasteiger partial charge is 0.369 e. The van der Waals surface area contributed by atoms with Gasteiger partial charge >= 0.3 is 0 Å². The van der Waals surface area contributed by atoms with Crippen LogP contribution in [0.15, 0.2) is 59.3 Å². The molecule has 0 bridgehead atoms. The molecular formula is C16H14BrN3. The Morgan fingerprint density at radius 3 is 2.60 bits per heavy atom. The van der Waals surface area contributed by atoms with Gasteiger partial charge in [-0.2, -0.15) is 0 Å². The molecule has 20 heavy (non-hydrogen) atoms. The molecule has 0 saturated heterocycles. The number of nitrogens with zero attached hydrogens (tertiary/aromatic N) is 2. The van der Waals surface area contributed by atoms with Crippen LogP contribution in [-0.4, -0.2) is 16.5 Å². The smallest absolute Gasteiger partial charge is 0.137 e. The predicted molar refractivity (Wildman–Crippen MR) is 85.9 cm³/mol. The first-order valence-electron chi connectivity index (χ1n) is 6.51. The molecule has 0 fully saturated rings. The van der Waals surface area contributed by atoms with Crippen LogP contribution in [0.2, 0.25) is 0 Å². The van der Waals surface area contributed by atoms with Crippen LogP contribution in [0.4, 0.5) is 5.82 Å². The predicted octanol–water partition coefficient (Wildman–Crippen LogP) is 4.05. The van der Waals surface area contributed by atoms with E-state index < -0.39 is 0 Å². The zero-order valence-corrected chi connectivity index (χ0v) is 12.5. The van der Waals surface area contributed by atoms with E-state index in [-0.39, 0.29) is 0 Å². The third-order valence-electron chi connectivity index (χ3n) is 3.16. The van der Waals surface area contributed by atoms with Crippen molar-refractivity contribution in [1.29, 1.82) is 0 Å². The molecule has 0 aliphatic carbocycles. The van der Waals surface area contributed by atoms with Gasteiger partial charge < -0.3 is 5.32 Å². The van der Waals surface area contributed by atoms with Crippen molar-refractivity contribution in [3.8, 4) is 0 Å². The van der Waals surface area contributed by atoms with E-state index in [1.807, 2.05) is 24.3 Å². The van der Waals surface area contributed by atoms with Gasteiger partial charge in [0.05, 0.1) is 5.52 Å². The molecule has 0 saturated carbocycles. The molecule has 1 aromatic heterocycles. The van der Waals surface area contributed by atoms with Crippen molar-refractivity contribution in [2.45, 2.75) is 6.42 Å². The quantitative estimate of drug-likeness (QED) is 0.785. The third kappa shape index (κ3) is 2.96. The number of aromatic nitrogens is 2. The first-order valence-corrected chi connectivity index (χ1v) is 7.30. The highest BCUT2D eigenvalue weighted by Crippen LogP contribution is 2.18. The lowest BCUT2D eigenvalue weighted by Gasteiger charge is -2.08. The summed E-state index contributed by atoms with van der Waals surface area (Å²) >= 11 is 3.44. The lowest BCUT2D eigenvalue weighted by atomic mass is 10.1. The lowest BCUT2D eigenvalue weighted by Crippen LogP contribution is -2.07. The van der Waals surface area contributed by atoms with E-state index in [4.69, 9.17) is 0 Å². The van der Waals surface area contributed by atoms with Crippen molar-refractivity contribution < 1.29 is 0 Å². The Morgan fingerprint density at radius 1 is 0.950 bits per heavy atom. The Balaban J connectivity index is 1.69. The normalized spacial score (nSPS) is 10.7. The highest BCUT2D eigenvalue weighted by molar-refractivity contribution is 9.10. The molecule has 0 unspecified atom stereocenters. The molecule has 1 heterocycles. The number of rotatable bonds is 4. The number of benzene rings is 2. The summed E-state index contributed by atoms with van der Waals surface area (Å²) in [5, 5.41) is 4.45. The number of hydrogen-bond acceptors (Lipinski definition) is 3. The fourth-order valence-corrected chi connectivity index (χ4v) is 2.39. The molecule has 1 N–H and O–H groups in total. The van der Waals surface area contributed by atoms with Gasteiger partial charge in [-0.15, -0.1) is 0 Å². The van der Waals surface area contributed by atoms with Gasteiger partial charge in [-0.05, 0) is 36.2 Å². The van der Waals surface area contributed by atoms with Gasteiger partial charge in [0.15, 0.2) is 0 Å². The van der Waals surface area contributed by atoms with Gasteiger partial charge in [0.2, 0.25) is 0 Å². The summed E-state index contributed by atoms with van der Waals surface area (Å²) in [6, 6.07) is 16.4. The maximum absolute atomic E-state index is 4.32. The minimum Gasteiger partial charge on any atom is -0.369 e. The molecule has 0 radical (unpaired) electrons. The van der Waals surface area contributed by atoms with E-state index >= 15 is 0 Å². The van der Waals surface area contributed by atoms with Crippen LogP contribution < -0.4 is 5.32 Å². The molecular weight excluding hydrogens is 314 g/mol. The van der Waals surface area contributed by atoms with Crippen molar-refractivity contribution in [3.63, 3.8) is 0 Å². The molecule has 3 nitrogen and oxygen atoms in total. The van der Waals surface area contributed by atoms with Crippen molar-refractivity contribution in [2.24, 2.45) is 0 Å². The number of fused-ring (bicyclic) bond motifs is 1. The first kappa shape index (κ1) is 13.1. The average Bonchev–Trinajstić information content (AvgIpc) is 2.49. The Labute approximate surface area is 126 Å². The molecule has 0 amide bonds. The number of hydrogen-bond donors (Lipinski definition) is 1. The standard InChI is InChI=1S/C16H14BrN3/c17-13-7-5-12(6-8-13)9-10-18-16-14-3-1-2-4-15(14)19-11-20-16/h1-8,11H,9-10H2,(H,18,19,20). The fraction of sp³-hybridized carbons (Fsp3) is 0.125. The molecule has 100 valence electrons. The zero-order chi connectivity index (χ0) is 13.8. The summed E-state index contributed by atoms with van der Waals surface area (Å²) in [5.41, 5.74) is 2.27. The van der Waals surface area contributed by atoms with E-state index in [0.717, 1.165) is 34.2 Å². The highest BCUT2D eigenvalue weighted by atomic mass is 79.9. The monoisotopic (exact) mass is 327 g/mol. The summed E-state index contributed by atoms with van der Waals surface area (Å²) in [5.74, 6) is 0.896. The maximum Gasteiger partial charge on any atom is 0.137 e. The third-order valence-corrected chi connectivity index (χ3v) is 3.69. The maximum atomic E-state index is 4.32. The summed E-state index contributed by atoms with van der Waals surface area (Å²) in [7, 11) is 0. The van der Waals surface area contributed by atoms with Gasteiger partial charge in [0, 0.05) is 16.4 Å². The molecule has 4 heteroatoms. The molecule has 0 atom stereocenters. The summed E-state index contributed by atoms with van der Waals surface area (Å²) in [4.78, 5) is 8.58. The minimum absolute atomic E-state index is 0.850. The summed E-state index contributed by atoms with van der Waals surface area (Å²) in [6.07, 6.45) is 2.57. The second-order valence-corrected chi connectivity index (χ2v) is 5.46. The van der Waals surface area contributed by atoms with Crippen LogP contribution in [-0.2, 0) is 6.42 Å². The molecule has 2 aromatic carbocycles. The van der Waals surface area contributed by atoms with E-state index in [0.29, 0.717) is 0 Å². The zero-order valence-electron chi connectivity index (χ0n) is 10.9.